The third-order valence-electron chi connectivity index (χ3n) is 2.60. The van der Waals surface area contributed by atoms with Gasteiger partial charge in [0, 0.05) is 5.02 Å². The molecule has 108 valence electrons. The van der Waals surface area contributed by atoms with E-state index >= 15 is 0 Å². The van der Waals surface area contributed by atoms with Crippen LogP contribution in [0.3, 0.4) is 0 Å². The van der Waals surface area contributed by atoms with E-state index in [2.05, 4.69) is 0 Å². The molecule has 0 saturated carbocycles. The Balaban J connectivity index is 2.62. The molecule has 0 aliphatic rings. The van der Waals surface area contributed by atoms with Crippen LogP contribution >= 0.6 is 11.6 Å². The Bertz CT molecular complexity index is 503. The van der Waals surface area contributed by atoms with E-state index < -0.39 is 9.84 Å². The summed E-state index contributed by atoms with van der Waals surface area (Å²) in [6, 6.07) is 5.27. The van der Waals surface area contributed by atoms with Crippen molar-refractivity contribution in [3.05, 3.63) is 28.8 Å². The highest BCUT2D eigenvalue weighted by Gasteiger charge is 2.10. The zero-order chi connectivity index (χ0) is 14.3. The van der Waals surface area contributed by atoms with Crippen LogP contribution in [0, 0.1) is 0 Å². The second-order valence-electron chi connectivity index (χ2n) is 4.29. The van der Waals surface area contributed by atoms with Crippen LogP contribution in [-0.4, -0.2) is 33.1 Å². The zero-order valence-corrected chi connectivity index (χ0v) is 12.6. The van der Waals surface area contributed by atoms with Gasteiger partial charge < -0.3 is 10.5 Å². The highest BCUT2D eigenvalue weighted by molar-refractivity contribution is 7.91. The van der Waals surface area contributed by atoms with E-state index in [9.17, 15) is 8.42 Å². The monoisotopic (exact) mass is 305 g/mol. The van der Waals surface area contributed by atoms with Gasteiger partial charge in [0.05, 0.1) is 11.5 Å². The van der Waals surface area contributed by atoms with E-state index in [1.807, 2.05) is 6.92 Å². The molecule has 0 fully saturated rings. The molecule has 1 aromatic rings. The lowest BCUT2D eigenvalue weighted by Crippen LogP contribution is -2.17. The van der Waals surface area contributed by atoms with E-state index in [4.69, 9.17) is 22.1 Å². The summed E-state index contributed by atoms with van der Waals surface area (Å²) in [6.45, 7) is 2.49. The Morgan fingerprint density at radius 2 is 2.05 bits per heavy atom. The number of halogens is 1. The molecule has 0 aliphatic carbocycles. The fraction of sp³-hybridized carbons (Fsp3) is 0.538. The van der Waals surface area contributed by atoms with Gasteiger partial charge in [-0.1, -0.05) is 18.5 Å². The number of sulfone groups is 1. The topological polar surface area (TPSA) is 69.4 Å². The van der Waals surface area contributed by atoms with Crippen molar-refractivity contribution in [3.8, 4) is 5.75 Å². The summed E-state index contributed by atoms with van der Waals surface area (Å²) in [4.78, 5) is 0. The van der Waals surface area contributed by atoms with Crippen molar-refractivity contribution < 1.29 is 13.2 Å². The largest absolute Gasteiger partial charge is 0.492 e. The van der Waals surface area contributed by atoms with Crippen LogP contribution < -0.4 is 10.5 Å². The van der Waals surface area contributed by atoms with Crippen molar-refractivity contribution in [2.24, 2.45) is 5.73 Å². The molecule has 1 aromatic carbocycles. The number of hydrogen-bond donors (Lipinski definition) is 1. The lowest BCUT2D eigenvalue weighted by atomic mass is 10.1. The average Bonchev–Trinajstić information content (AvgIpc) is 2.32. The van der Waals surface area contributed by atoms with Crippen molar-refractivity contribution in [1.82, 2.24) is 0 Å². The van der Waals surface area contributed by atoms with Crippen molar-refractivity contribution >= 4 is 21.4 Å². The Hall–Kier alpha value is -0.780. The molecular weight excluding hydrogens is 286 g/mol. The average molecular weight is 306 g/mol. The Labute approximate surface area is 119 Å². The molecule has 0 bridgehead atoms. The fourth-order valence-electron chi connectivity index (χ4n) is 1.73. The SMILES string of the molecule is CCCS(=O)(=O)CCOc1ccc(Cl)cc1CCN. The lowest BCUT2D eigenvalue weighted by Gasteiger charge is -2.11. The molecule has 0 spiro atoms. The molecule has 0 radical (unpaired) electrons. The number of hydrogen-bond acceptors (Lipinski definition) is 4. The molecule has 0 amide bonds. The van der Waals surface area contributed by atoms with Crippen LogP contribution in [-0.2, 0) is 16.3 Å². The molecule has 0 aliphatic heterocycles. The first-order valence-corrected chi connectivity index (χ1v) is 8.50. The Morgan fingerprint density at radius 1 is 1.32 bits per heavy atom. The first-order valence-electron chi connectivity index (χ1n) is 6.30. The van der Waals surface area contributed by atoms with Gasteiger partial charge >= 0.3 is 0 Å². The van der Waals surface area contributed by atoms with E-state index in [0.717, 1.165) is 5.56 Å². The summed E-state index contributed by atoms with van der Waals surface area (Å²) in [6.07, 6.45) is 1.28. The smallest absolute Gasteiger partial charge is 0.153 e. The minimum Gasteiger partial charge on any atom is -0.492 e. The second-order valence-corrected chi connectivity index (χ2v) is 7.03. The number of ether oxygens (including phenoxy) is 1. The van der Waals surface area contributed by atoms with Gasteiger partial charge in [-0.15, -0.1) is 0 Å². The number of nitrogens with two attached hydrogens (primary N) is 1. The van der Waals surface area contributed by atoms with Gasteiger partial charge in [-0.25, -0.2) is 8.42 Å². The molecule has 19 heavy (non-hydrogen) atoms. The standard InChI is InChI=1S/C13H20ClNO3S/c1-2-8-19(16,17)9-7-18-13-4-3-12(14)10-11(13)5-6-15/h3-4,10H,2,5-9,15H2,1H3. The van der Waals surface area contributed by atoms with Gasteiger partial charge in [-0.3, -0.25) is 0 Å². The maximum Gasteiger partial charge on any atom is 0.153 e. The Morgan fingerprint density at radius 3 is 2.68 bits per heavy atom. The molecule has 2 N–H and O–H groups in total. The number of benzene rings is 1. The van der Waals surface area contributed by atoms with Crippen LogP contribution in [0.2, 0.25) is 5.02 Å². The van der Waals surface area contributed by atoms with Gasteiger partial charge in [0.25, 0.3) is 0 Å². The van der Waals surface area contributed by atoms with Crippen LogP contribution in [0.5, 0.6) is 5.75 Å². The lowest BCUT2D eigenvalue weighted by molar-refractivity contribution is 0.337. The minimum atomic E-state index is -3.01. The van der Waals surface area contributed by atoms with Crippen molar-refractivity contribution in [2.75, 3.05) is 24.7 Å². The highest BCUT2D eigenvalue weighted by atomic mass is 35.5. The molecule has 0 atom stereocenters. The van der Waals surface area contributed by atoms with E-state index in [1.54, 1.807) is 18.2 Å². The van der Waals surface area contributed by atoms with Crippen LogP contribution in [0.15, 0.2) is 18.2 Å². The van der Waals surface area contributed by atoms with Gasteiger partial charge in [-0.05, 0) is 43.1 Å². The van der Waals surface area contributed by atoms with E-state index in [0.29, 0.717) is 30.2 Å². The van der Waals surface area contributed by atoms with Gasteiger partial charge in [0.2, 0.25) is 0 Å². The predicted octanol–water partition coefficient (Wildman–Crippen LogP) is 2.04. The van der Waals surface area contributed by atoms with Crippen molar-refractivity contribution in [1.29, 1.82) is 0 Å². The van der Waals surface area contributed by atoms with E-state index in [1.165, 1.54) is 0 Å². The summed E-state index contributed by atoms with van der Waals surface area (Å²) < 4.78 is 28.7. The summed E-state index contributed by atoms with van der Waals surface area (Å²) in [5, 5.41) is 0.620. The molecular formula is C13H20ClNO3S. The summed E-state index contributed by atoms with van der Waals surface area (Å²) in [7, 11) is -3.01. The maximum atomic E-state index is 11.6. The van der Waals surface area contributed by atoms with Crippen LogP contribution in [0.25, 0.3) is 0 Å². The maximum absolute atomic E-state index is 11.6. The first-order chi connectivity index (χ1) is 8.98. The van der Waals surface area contributed by atoms with Crippen molar-refractivity contribution in [3.63, 3.8) is 0 Å². The third-order valence-corrected chi connectivity index (χ3v) is 4.66. The predicted molar refractivity (Wildman–Crippen MR) is 78.7 cm³/mol. The van der Waals surface area contributed by atoms with Gasteiger partial charge in [-0.2, -0.15) is 0 Å². The molecule has 4 nitrogen and oxygen atoms in total. The molecule has 1 rings (SSSR count). The molecule has 0 unspecified atom stereocenters. The first kappa shape index (κ1) is 16.3. The normalized spacial score (nSPS) is 11.5. The van der Waals surface area contributed by atoms with E-state index in [-0.39, 0.29) is 18.1 Å². The molecule has 0 heterocycles. The summed E-state index contributed by atoms with van der Waals surface area (Å²) in [5.74, 6) is 0.889. The zero-order valence-electron chi connectivity index (χ0n) is 11.1. The highest BCUT2D eigenvalue weighted by Crippen LogP contribution is 2.23. The summed E-state index contributed by atoms with van der Waals surface area (Å²) >= 11 is 5.91. The quantitative estimate of drug-likeness (QED) is 0.798. The Kier molecular flexibility index (Phi) is 6.62. The molecule has 0 saturated heterocycles. The van der Waals surface area contributed by atoms with Gasteiger partial charge in [0.1, 0.15) is 12.4 Å². The van der Waals surface area contributed by atoms with Crippen LogP contribution in [0.1, 0.15) is 18.9 Å². The fourth-order valence-corrected chi connectivity index (χ4v) is 3.09. The molecule has 0 aromatic heterocycles. The second kappa shape index (κ2) is 7.72. The number of rotatable bonds is 8. The van der Waals surface area contributed by atoms with Crippen LogP contribution in [0.4, 0.5) is 0 Å². The minimum absolute atomic E-state index is 0.0333. The summed E-state index contributed by atoms with van der Waals surface area (Å²) in [5.41, 5.74) is 6.43. The third kappa shape index (κ3) is 5.80. The van der Waals surface area contributed by atoms with Crippen molar-refractivity contribution in [2.45, 2.75) is 19.8 Å². The van der Waals surface area contributed by atoms with Gasteiger partial charge in [0.15, 0.2) is 9.84 Å². The molecule has 6 heteroatoms.